The van der Waals surface area contributed by atoms with Gasteiger partial charge in [0.15, 0.2) is 0 Å². The van der Waals surface area contributed by atoms with Gasteiger partial charge in [-0.05, 0) is 93.6 Å². The van der Waals surface area contributed by atoms with E-state index >= 15 is 0 Å². The molecule has 2 fully saturated rings. The van der Waals surface area contributed by atoms with Crippen LogP contribution in [0, 0.1) is 19.8 Å². The van der Waals surface area contributed by atoms with E-state index in [1.54, 1.807) is 19.2 Å². The van der Waals surface area contributed by atoms with Crippen LogP contribution in [-0.2, 0) is 14.8 Å². The molecule has 8 heteroatoms. The van der Waals surface area contributed by atoms with Crippen molar-refractivity contribution in [1.82, 2.24) is 14.5 Å². The molecule has 0 radical (unpaired) electrons. The quantitative estimate of drug-likeness (QED) is 0.600. The van der Waals surface area contributed by atoms with Crippen LogP contribution in [0.5, 0.6) is 5.75 Å². The molecule has 0 unspecified atom stereocenters. The Balaban J connectivity index is 1.36. The maximum Gasteiger partial charge on any atom is 0.243 e. The van der Waals surface area contributed by atoms with Crippen LogP contribution in [0.15, 0.2) is 47.4 Å². The van der Waals surface area contributed by atoms with Crippen molar-refractivity contribution in [2.75, 3.05) is 39.8 Å². The highest BCUT2D eigenvalue weighted by atomic mass is 32.2. The number of carbonyl (C=O) groups excluding carboxylic acids is 1. The maximum atomic E-state index is 13.1. The first-order valence-electron chi connectivity index (χ1n) is 12.5. The number of ether oxygens (including phenoxy) is 1. The number of hydrogen-bond acceptors (Lipinski definition) is 5. The number of hydrogen-bond donors (Lipinski definition) is 1. The fourth-order valence-electron chi connectivity index (χ4n) is 5.08. The molecule has 1 N–H and O–H groups in total. The average Bonchev–Trinajstić information content (AvgIpc) is 3.40. The number of carbonyl (C=O) groups is 1. The van der Waals surface area contributed by atoms with Gasteiger partial charge in [-0.2, -0.15) is 4.31 Å². The summed E-state index contributed by atoms with van der Waals surface area (Å²) in [5, 5.41) is 3.17. The first-order chi connectivity index (χ1) is 16.8. The van der Waals surface area contributed by atoms with Crippen molar-refractivity contribution in [1.29, 1.82) is 0 Å². The van der Waals surface area contributed by atoms with Gasteiger partial charge in [0.25, 0.3) is 0 Å². The molecule has 0 bridgehead atoms. The third-order valence-corrected chi connectivity index (χ3v) is 9.37. The molecule has 1 atom stereocenters. The van der Waals surface area contributed by atoms with Crippen LogP contribution in [0.2, 0.25) is 0 Å². The monoisotopic (exact) mass is 499 g/mol. The molecule has 2 saturated heterocycles. The number of benzene rings is 2. The van der Waals surface area contributed by atoms with Gasteiger partial charge in [-0.25, -0.2) is 8.42 Å². The highest BCUT2D eigenvalue weighted by Gasteiger charge is 2.33. The third kappa shape index (κ3) is 5.88. The molecule has 0 aliphatic carbocycles. The molecule has 0 saturated carbocycles. The lowest BCUT2D eigenvalue weighted by Crippen LogP contribution is -2.44. The zero-order valence-corrected chi connectivity index (χ0v) is 21.8. The van der Waals surface area contributed by atoms with E-state index in [0.29, 0.717) is 37.4 Å². The Morgan fingerprint density at radius 2 is 1.74 bits per heavy atom. The summed E-state index contributed by atoms with van der Waals surface area (Å²) >= 11 is 0. The molecule has 0 spiro atoms. The summed E-state index contributed by atoms with van der Waals surface area (Å²) in [4.78, 5) is 15.8. The fraction of sp³-hybridized carbons (Fsp3) is 0.519. The van der Waals surface area contributed by atoms with Crippen molar-refractivity contribution >= 4 is 15.9 Å². The summed E-state index contributed by atoms with van der Waals surface area (Å²) in [5.41, 5.74) is 3.17. The van der Waals surface area contributed by atoms with Crippen molar-refractivity contribution in [2.24, 2.45) is 5.92 Å². The van der Waals surface area contributed by atoms with E-state index in [4.69, 9.17) is 4.74 Å². The number of likely N-dealkylation sites (tertiary alicyclic amines) is 1. The van der Waals surface area contributed by atoms with Crippen molar-refractivity contribution < 1.29 is 17.9 Å². The Bertz CT molecular complexity index is 1140. The van der Waals surface area contributed by atoms with E-state index in [-0.39, 0.29) is 17.9 Å². The predicted molar refractivity (Wildman–Crippen MR) is 137 cm³/mol. The van der Waals surface area contributed by atoms with Crippen molar-refractivity contribution in [3.63, 3.8) is 0 Å². The lowest BCUT2D eigenvalue weighted by molar-refractivity contribution is -0.126. The van der Waals surface area contributed by atoms with Crippen LogP contribution in [-0.4, -0.2) is 63.4 Å². The third-order valence-electron chi connectivity index (χ3n) is 7.47. The molecule has 35 heavy (non-hydrogen) atoms. The fourth-order valence-corrected chi connectivity index (χ4v) is 6.64. The Hall–Kier alpha value is -2.42. The Kier molecular flexibility index (Phi) is 8.14. The summed E-state index contributed by atoms with van der Waals surface area (Å²) < 4.78 is 33.1. The van der Waals surface area contributed by atoms with Gasteiger partial charge in [-0.1, -0.05) is 18.2 Å². The minimum absolute atomic E-state index is 0.0142. The molecule has 2 heterocycles. The summed E-state index contributed by atoms with van der Waals surface area (Å²) in [6.45, 7) is 7.19. The first kappa shape index (κ1) is 25.7. The number of sulfonamides is 1. The second-order valence-electron chi connectivity index (χ2n) is 9.71. The standard InChI is InChI=1S/C27H37N3O4S/c1-20-9-10-25(17-21(20)2)35(32,33)30-15-11-22(12-16-30)27(31)28-19-26(29-13-4-5-14-29)23-7-6-8-24(18-23)34-3/h6-10,17-18,22,26H,4-5,11-16,19H2,1-3H3,(H,28,31)/t26-/m1/s1. The number of methoxy groups -OCH3 is 1. The SMILES string of the molecule is COc1cccc([C@@H](CNC(=O)C2CCN(S(=O)(=O)c3ccc(C)c(C)c3)CC2)N2CCCC2)c1. The van der Waals surface area contributed by atoms with Gasteiger partial charge in [0, 0.05) is 25.6 Å². The molecule has 0 aromatic heterocycles. The van der Waals surface area contributed by atoms with Gasteiger partial charge in [-0.3, -0.25) is 9.69 Å². The number of nitrogens with one attached hydrogen (secondary N) is 1. The first-order valence-corrected chi connectivity index (χ1v) is 14.0. The number of aryl methyl sites for hydroxylation is 2. The minimum atomic E-state index is -3.55. The summed E-state index contributed by atoms with van der Waals surface area (Å²) in [6.07, 6.45) is 3.40. The van der Waals surface area contributed by atoms with Crippen molar-refractivity contribution in [3.05, 3.63) is 59.2 Å². The van der Waals surface area contributed by atoms with Gasteiger partial charge in [0.05, 0.1) is 18.0 Å². The van der Waals surface area contributed by atoms with Crippen molar-refractivity contribution in [2.45, 2.75) is 50.5 Å². The highest BCUT2D eigenvalue weighted by Crippen LogP contribution is 2.28. The van der Waals surface area contributed by atoms with Gasteiger partial charge in [-0.15, -0.1) is 0 Å². The smallest absolute Gasteiger partial charge is 0.243 e. The lowest BCUT2D eigenvalue weighted by Gasteiger charge is -2.32. The molecule has 190 valence electrons. The minimum Gasteiger partial charge on any atom is -0.497 e. The second kappa shape index (κ2) is 11.1. The van der Waals surface area contributed by atoms with Crippen LogP contribution in [0.1, 0.15) is 48.4 Å². The summed E-state index contributed by atoms with van der Waals surface area (Å²) in [5.74, 6) is 0.654. The predicted octanol–water partition coefficient (Wildman–Crippen LogP) is 3.67. The van der Waals surface area contributed by atoms with Gasteiger partial charge in [0.2, 0.25) is 15.9 Å². The molecular formula is C27H37N3O4S. The topological polar surface area (TPSA) is 79.0 Å². The van der Waals surface area contributed by atoms with Crippen LogP contribution in [0.4, 0.5) is 0 Å². The number of nitrogens with zero attached hydrogens (tertiary/aromatic N) is 2. The second-order valence-corrected chi connectivity index (χ2v) is 11.6. The summed E-state index contributed by atoms with van der Waals surface area (Å²) in [6, 6.07) is 13.4. The van der Waals surface area contributed by atoms with Gasteiger partial charge < -0.3 is 10.1 Å². The highest BCUT2D eigenvalue weighted by molar-refractivity contribution is 7.89. The molecule has 4 rings (SSSR count). The number of rotatable bonds is 8. The zero-order valence-electron chi connectivity index (χ0n) is 21.0. The molecule has 2 aromatic rings. The largest absolute Gasteiger partial charge is 0.497 e. The van der Waals surface area contributed by atoms with Gasteiger partial charge in [0.1, 0.15) is 5.75 Å². The molecule has 7 nitrogen and oxygen atoms in total. The normalized spacial score (nSPS) is 18.9. The van der Waals surface area contributed by atoms with E-state index in [1.165, 1.54) is 17.1 Å². The zero-order chi connectivity index (χ0) is 25.0. The van der Waals surface area contributed by atoms with E-state index in [1.807, 2.05) is 38.1 Å². The molecule has 2 aliphatic heterocycles. The van der Waals surface area contributed by atoms with Crippen molar-refractivity contribution in [3.8, 4) is 5.75 Å². The molecule has 1 amide bonds. The average molecular weight is 500 g/mol. The molecule has 2 aliphatic rings. The van der Waals surface area contributed by atoms with Crippen LogP contribution in [0.3, 0.4) is 0 Å². The van der Waals surface area contributed by atoms with E-state index in [9.17, 15) is 13.2 Å². The van der Waals surface area contributed by atoms with E-state index in [2.05, 4.69) is 16.3 Å². The van der Waals surface area contributed by atoms with Crippen LogP contribution < -0.4 is 10.1 Å². The van der Waals surface area contributed by atoms with E-state index < -0.39 is 10.0 Å². The molecule has 2 aromatic carbocycles. The number of piperidine rings is 1. The molecular weight excluding hydrogens is 462 g/mol. The Morgan fingerprint density at radius 1 is 1.03 bits per heavy atom. The summed E-state index contributed by atoms with van der Waals surface area (Å²) in [7, 11) is -1.88. The van der Waals surface area contributed by atoms with Crippen LogP contribution in [0.25, 0.3) is 0 Å². The Labute approximate surface area is 209 Å². The number of amides is 1. The van der Waals surface area contributed by atoms with E-state index in [0.717, 1.165) is 35.5 Å². The maximum absolute atomic E-state index is 13.1. The lowest BCUT2D eigenvalue weighted by atomic mass is 9.97. The van der Waals surface area contributed by atoms with Gasteiger partial charge >= 0.3 is 0 Å². The Morgan fingerprint density at radius 3 is 2.40 bits per heavy atom. The van der Waals surface area contributed by atoms with Crippen LogP contribution >= 0.6 is 0 Å².